The normalized spacial score (nSPS) is 14.6. The number of aromatic hydroxyl groups is 1. The highest BCUT2D eigenvalue weighted by Crippen LogP contribution is 2.20. The topological polar surface area (TPSA) is 230 Å². The molecule has 4 amide bonds. The highest BCUT2D eigenvalue weighted by Gasteiger charge is 2.33. The zero-order chi connectivity index (χ0) is 31.7. The Morgan fingerprint density at radius 3 is 2.16 bits per heavy atom. The molecule has 3 rings (SSSR count). The highest BCUT2D eigenvalue weighted by molar-refractivity contribution is 5.96. The van der Waals surface area contributed by atoms with Crippen molar-refractivity contribution >= 4 is 40.5 Å². The van der Waals surface area contributed by atoms with Crippen molar-refractivity contribution in [2.24, 2.45) is 17.4 Å². The van der Waals surface area contributed by atoms with E-state index >= 15 is 0 Å². The van der Waals surface area contributed by atoms with Gasteiger partial charge in [0, 0.05) is 29.9 Å². The Balaban J connectivity index is 1.83. The van der Waals surface area contributed by atoms with Crippen LogP contribution in [0.5, 0.6) is 5.75 Å². The van der Waals surface area contributed by atoms with Gasteiger partial charge in [0.1, 0.15) is 23.9 Å². The van der Waals surface area contributed by atoms with Crippen LogP contribution in [-0.2, 0) is 36.8 Å². The molecule has 1 aromatic heterocycles. The lowest BCUT2D eigenvalue weighted by atomic mass is 9.96. The predicted octanol–water partition coefficient (Wildman–Crippen LogP) is 0.447. The first kappa shape index (κ1) is 32.6. The standard InChI is InChI=1S/C30H38N6O7/c1-3-16(2)26(29(41)35-24(30(42)43)12-17-8-10-19(37)11-9-17)36-28(40)23(34-27(39)21(31)14-25(32)38)13-18-15-33-22-7-5-4-6-20(18)22/h4-11,15-16,21,23-24,26,33,37H,3,12-14,31H2,1-2H3,(H2,32,38)(H,34,39)(H,35,41)(H,36,40)(H,42,43). The van der Waals surface area contributed by atoms with Crippen LogP contribution in [-0.4, -0.2) is 69.0 Å². The summed E-state index contributed by atoms with van der Waals surface area (Å²) in [6.45, 7) is 3.55. The Morgan fingerprint density at radius 2 is 1.53 bits per heavy atom. The number of primary amides is 1. The molecule has 0 spiro atoms. The summed E-state index contributed by atoms with van der Waals surface area (Å²) in [4.78, 5) is 66.3. The van der Waals surface area contributed by atoms with Crippen molar-refractivity contribution in [1.82, 2.24) is 20.9 Å². The Hall–Kier alpha value is -4.91. The van der Waals surface area contributed by atoms with Gasteiger partial charge < -0.3 is 42.6 Å². The van der Waals surface area contributed by atoms with Gasteiger partial charge in [0.05, 0.1) is 12.5 Å². The Kier molecular flexibility index (Phi) is 11.2. The second kappa shape index (κ2) is 14.8. The number of H-pyrrole nitrogens is 1. The summed E-state index contributed by atoms with van der Waals surface area (Å²) in [7, 11) is 0. The Morgan fingerprint density at radius 1 is 0.884 bits per heavy atom. The van der Waals surface area contributed by atoms with Crippen molar-refractivity contribution in [3.8, 4) is 5.75 Å². The molecular weight excluding hydrogens is 556 g/mol. The number of benzene rings is 2. The van der Waals surface area contributed by atoms with Gasteiger partial charge in [-0.25, -0.2) is 4.79 Å². The zero-order valence-electron chi connectivity index (χ0n) is 24.0. The van der Waals surface area contributed by atoms with Crippen molar-refractivity contribution in [3.63, 3.8) is 0 Å². The molecule has 5 atom stereocenters. The van der Waals surface area contributed by atoms with E-state index in [1.54, 1.807) is 25.3 Å². The number of carbonyl (C=O) groups is 5. The average Bonchev–Trinajstić information content (AvgIpc) is 3.37. The fraction of sp³-hybridized carbons (Fsp3) is 0.367. The summed E-state index contributed by atoms with van der Waals surface area (Å²) in [5.74, 6) is -4.63. The molecule has 0 aliphatic carbocycles. The molecule has 0 saturated heterocycles. The van der Waals surface area contributed by atoms with Crippen molar-refractivity contribution in [2.75, 3.05) is 0 Å². The third-order valence-corrected chi connectivity index (χ3v) is 7.27. The molecular formula is C30H38N6O7. The highest BCUT2D eigenvalue weighted by atomic mass is 16.4. The number of aliphatic carboxylic acids is 1. The van der Waals surface area contributed by atoms with Crippen molar-refractivity contribution in [2.45, 2.75) is 63.7 Å². The molecule has 0 aliphatic rings. The quantitative estimate of drug-likeness (QED) is 0.123. The van der Waals surface area contributed by atoms with Gasteiger partial charge in [0.15, 0.2) is 0 Å². The first-order chi connectivity index (χ1) is 20.4. The molecule has 0 fully saturated rings. The number of carbonyl (C=O) groups excluding carboxylic acids is 4. The van der Waals surface area contributed by atoms with Crippen LogP contribution in [0, 0.1) is 5.92 Å². The van der Waals surface area contributed by atoms with Crippen LogP contribution in [0.15, 0.2) is 54.7 Å². The minimum Gasteiger partial charge on any atom is -0.508 e. The SMILES string of the molecule is CCC(C)C(NC(=O)C(Cc1c[nH]c2ccccc12)NC(=O)C(N)CC(N)=O)C(=O)NC(Cc1ccc(O)cc1)C(=O)O. The maximum atomic E-state index is 13.7. The van der Waals surface area contributed by atoms with Crippen LogP contribution >= 0.6 is 0 Å². The van der Waals surface area contributed by atoms with E-state index in [9.17, 15) is 34.2 Å². The molecule has 43 heavy (non-hydrogen) atoms. The van der Waals surface area contributed by atoms with Gasteiger partial charge in [-0.05, 0) is 35.2 Å². The second-order valence-electron chi connectivity index (χ2n) is 10.5. The maximum Gasteiger partial charge on any atom is 0.326 e. The summed E-state index contributed by atoms with van der Waals surface area (Å²) in [6.07, 6.45) is 1.72. The molecule has 10 N–H and O–H groups in total. The number of aromatic nitrogens is 1. The van der Waals surface area contributed by atoms with Gasteiger partial charge >= 0.3 is 5.97 Å². The zero-order valence-corrected chi connectivity index (χ0v) is 24.0. The van der Waals surface area contributed by atoms with Crippen molar-refractivity contribution in [3.05, 3.63) is 65.9 Å². The summed E-state index contributed by atoms with van der Waals surface area (Å²) < 4.78 is 0. The van der Waals surface area contributed by atoms with Crippen molar-refractivity contribution in [1.29, 1.82) is 0 Å². The van der Waals surface area contributed by atoms with E-state index in [0.717, 1.165) is 10.9 Å². The number of hydrogen-bond donors (Lipinski definition) is 8. The van der Waals surface area contributed by atoms with Crippen LogP contribution < -0.4 is 27.4 Å². The lowest BCUT2D eigenvalue weighted by Gasteiger charge is -2.28. The Labute approximate surface area is 248 Å². The molecule has 0 bridgehead atoms. The number of amides is 4. The minimum atomic E-state index is -1.31. The fourth-order valence-corrected chi connectivity index (χ4v) is 4.60. The smallest absolute Gasteiger partial charge is 0.326 e. The number of phenolic OH excluding ortho intramolecular Hbond substituents is 1. The number of aromatic amines is 1. The van der Waals surface area contributed by atoms with E-state index in [1.807, 2.05) is 31.2 Å². The summed E-state index contributed by atoms with van der Waals surface area (Å²) in [5.41, 5.74) is 13.1. The van der Waals surface area contributed by atoms with Crippen LogP contribution in [0.4, 0.5) is 0 Å². The number of rotatable bonds is 15. The number of carboxylic acid groups (broad SMARTS) is 1. The van der Waals surface area contributed by atoms with E-state index in [-0.39, 0.29) is 18.6 Å². The molecule has 0 saturated carbocycles. The number of para-hydroxylation sites is 1. The van der Waals surface area contributed by atoms with E-state index < -0.39 is 66.1 Å². The van der Waals surface area contributed by atoms with Crippen molar-refractivity contribution < 1.29 is 34.2 Å². The Bertz CT molecular complexity index is 1450. The van der Waals surface area contributed by atoms with Crippen LogP contribution in [0.3, 0.4) is 0 Å². The summed E-state index contributed by atoms with van der Waals surface area (Å²) in [5, 5.41) is 27.9. The first-order valence-corrected chi connectivity index (χ1v) is 13.9. The van der Waals surface area contributed by atoms with E-state index in [1.165, 1.54) is 12.1 Å². The molecule has 230 valence electrons. The molecule has 1 heterocycles. The third-order valence-electron chi connectivity index (χ3n) is 7.27. The third kappa shape index (κ3) is 9.04. The lowest BCUT2D eigenvalue weighted by Crippen LogP contribution is -2.59. The van der Waals surface area contributed by atoms with Gasteiger partial charge in [-0.3, -0.25) is 19.2 Å². The van der Waals surface area contributed by atoms with Crippen LogP contribution in [0.2, 0.25) is 0 Å². The molecule has 13 nitrogen and oxygen atoms in total. The number of fused-ring (bicyclic) bond motifs is 1. The first-order valence-electron chi connectivity index (χ1n) is 13.9. The maximum absolute atomic E-state index is 13.7. The summed E-state index contributed by atoms with van der Waals surface area (Å²) in [6, 6.07) is 8.37. The molecule has 3 aromatic rings. The average molecular weight is 595 g/mol. The van der Waals surface area contributed by atoms with Crippen LogP contribution in [0.1, 0.15) is 37.8 Å². The van der Waals surface area contributed by atoms with E-state index in [0.29, 0.717) is 17.5 Å². The molecule has 5 unspecified atom stereocenters. The van der Waals surface area contributed by atoms with Gasteiger partial charge in [0.2, 0.25) is 23.6 Å². The number of hydrogen-bond acceptors (Lipinski definition) is 7. The predicted molar refractivity (Wildman–Crippen MR) is 158 cm³/mol. The lowest BCUT2D eigenvalue weighted by molar-refractivity contribution is -0.142. The van der Waals surface area contributed by atoms with Gasteiger partial charge in [0.25, 0.3) is 0 Å². The molecule has 0 aliphatic heterocycles. The van der Waals surface area contributed by atoms with Gasteiger partial charge in [-0.15, -0.1) is 0 Å². The monoisotopic (exact) mass is 594 g/mol. The number of phenols is 1. The van der Waals surface area contributed by atoms with Crippen LogP contribution in [0.25, 0.3) is 10.9 Å². The fourth-order valence-electron chi connectivity index (χ4n) is 4.60. The van der Waals surface area contributed by atoms with Gasteiger partial charge in [-0.1, -0.05) is 50.6 Å². The molecule has 0 radical (unpaired) electrons. The number of nitrogens with two attached hydrogens (primary N) is 2. The minimum absolute atomic E-state index is 0.0177. The van der Waals surface area contributed by atoms with Gasteiger partial charge in [-0.2, -0.15) is 0 Å². The summed E-state index contributed by atoms with van der Waals surface area (Å²) >= 11 is 0. The number of carboxylic acids is 1. The second-order valence-corrected chi connectivity index (χ2v) is 10.5. The largest absolute Gasteiger partial charge is 0.508 e. The van der Waals surface area contributed by atoms with E-state index in [4.69, 9.17) is 11.5 Å². The molecule has 2 aromatic carbocycles. The van der Waals surface area contributed by atoms with E-state index in [2.05, 4.69) is 20.9 Å². The number of nitrogens with one attached hydrogen (secondary N) is 4. The molecule has 13 heteroatoms.